The van der Waals surface area contributed by atoms with E-state index in [1.807, 2.05) is 30.3 Å². The summed E-state index contributed by atoms with van der Waals surface area (Å²) < 4.78 is 4.95. The SMILES string of the molecule is CCOC(=O)/C(=N/NC(=O)/C=C/c1ccccc1)c1cccnc1. The molecule has 1 heterocycles. The first-order valence-corrected chi connectivity index (χ1v) is 7.39. The first-order valence-electron chi connectivity index (χ1n) is 7.39. The van der Waals surface area contributed by atoms with E-state index in [9.17, 15) is 9.59 Å². The van der Waals surface area contributed by atoms with Crippen molar-refractivity contribution in [2.45, 2.75) is 6.92 Å². The Kier molecular flexibility index (Phi) is 6.40. The fourth-order valence-electron chi connectivity index (χ4n) is 1.81. The average molecular weight is 323 g/mol. The molecule has 0 aliphatic rings. The number of rotatable bonds is 6. The molecule has 2 rings (SSSR count). The van der Waals surface area contributed by atoms with Crippen LogP contribution in [0.5, 0.6) is 0 Å². The zero-order valence-corrected chi connectivity index (χ0v) is 13.2. The fraction of sp³-hybridized carbons (Fsp3) is 0.111. The molecule has 0 saturated heterocycles. The maximum Gasteiger partial charge on any atom is 0.359 e. The lowest BCUT2D eigenvalue weighted by molar-refractivity contribution is -0.134. The second-order valence-electron chi connectivity index (χ2n) is 4.64. The molecule has 0 spiro atoms. The van der Waals surface area contributed by atoms with Gasteiger partial charge in [-0.1, -0.05) is 30.3 Å². The van der Waals surface area contributed by atoms with Gasteiger partial charge in [0.25, 0.3) is 5.91 Å². The number of ether oxygens (including phenoxy) is 1. The van der Waals surface area contributed by atoms with Crippen LogP contribution in [0.3, 0.4) is 0 Å². The summed E-state index contributed by atoms with van der Waals surface area (Å²) in [6, 6.07) is 12.7. The molecule has 0 bridgehead atoms. The summed E-state index contributed by atoms with van der Waals surface area (Å²) in [7, 11) is 0. The monoisotopic (exact) mass is 323 g/mol. The summed E-state index contributed by atoms with van der Waals surface area (Å²) in [5, 5.41) is 3.88. The summed E-state index contributed by atoms with van der Waals surface area (Å²) in [5.74, 6) is -1.08. The molecule has 1 N–H and O–H groups in total. The van der Waals surface area contributed by atoms with Crippen LogP contribution in [0.25, 0.3) is 6.08 Å². The number of carbonyl (C=O) groups excluding carboxylic acids is 2. The highest BCUT2D eigenvalue weighted by atomic mass is 16.5. The van der Waals surface area contributed by atoms with Crippen molar-refractivity contribution >= 4 is 23.7 Å². The normalized spacial score (nSPS) is 11.3. The number of hydrogen-bond acceptors (Lipinski definition) is 5. The Morgan fingerprint density at radius 1 is 1.21 bits per heavy atom. The van der Waals surface area contributed by atoms with Crippen LogP contribution in [0.1, 0.15) is 18.1 Å². The zero-order valence-electron chi connectivity index (χ0n) is 13.2. The van der Waals surface area contributed by atoms with Crippen molar-refractivity contribution < 1.29 is 14.3 Å². The third kappa shape index (κ3) is 5.17. The Hall–Kier alpha value is -3.28. The highest BCUT2D eigenvalue weighted by molar-refractivity contribution is 6.43. The molecule has 1 aromatic carbocycles. The van der Waals surface area contributed by atoms with Gasteiger partial charge in [0, 0.05) is 24.0 Å². The van der Waals surface area contributed by atoms with Crippen molar-refractivity contribution in [1.82, 2.24) is 10.4 Å². The highest BCUT2D eigenvalue weighted by Crippen LogP contribution is 2.02. The number of benzene rings is 1. The second-order valence-corrected chi connectivity index (χ2v) is 4.64. The minimum Gasteiger partial charge on any atom is -0.461 e. The largest absolute Gasteiger partial charge is 0.461 e. The number of carbonyl (C=O) groups is 2. The molecule has 0 radical (unpaired) electrons. The molecule has 0 aliphatic carbocycles. The smallest absolute Gasteiger partial charge is 0.359 e. The van der Waals surface area contributed by atoms with Gasteiger partial charge in [0.05, 0.1) is 6.61 Å². The Balaban J connectivity index is 2.10. The Labute approximate surface area is 139 Å². The van der Waals surface area contributed by atoms with Crippen molar-refractivity contribution in [1.29, 1.82) is 0 Å². The number of esters is 1. The lowest BCUT2D eigenvalue weighted by Gasteiger charge is -2.05. The van der Waals surface area contributed by atoms with Gasteiger partial charge in [-0.05, 0) is 30.7 Å². The summed E-state index contributed by atoms with van der Waals surface area (Å²) in [6.45, 7) is 1.90. The van der Waals surface area contributed by atoms with E-state index >= 15 is 0 Å². The average Bonchev–Trinajstić information content (AvgIpc) is 2.62. The second kappa shape index (κ2) is 8.99. The van der Waals surface area contributed by atoms with E-state index in [-0.39, 0.29) is 12.3 Å². The van der Waals surface area contributed by atoms with Crippen LogP contribution >= 0.6 is 0 Å². The van der Waals surface area contributed by atoms with Gasteiger partial charge in [0.15, 0.2) is 5.71 Å². The predicted octanol–water partition coefficient (Wildman–Crippen LogP) is 2.18. The van der Waals surface area contributed by atoms with E-state index in [1.54, 1.807) is 31.3 Å². The van der Waals surface area contributed by atoms with E-state index in [4.69, 9.17) is 4.74 Å². The van der Waals surface area contributed by atoms with Crippen LogP contribution < -0.4 is 5.43 Å². The van der Waals surface area contributed by atoms with E-state index in [2.05, 4.69) is 15.5 Å². The third-order valence-corrected chi connectivity index (χ3v) is 2.91. The lowest BCUT2D eigenvalue weighted by Crippen LogP contribution is -2.24. The van der Waals surface area contributed by atoms with Crippen LogP contribution in [-0.2, 0) is 14.3 Å². The first kappa shape index (κ1) is 17.1. The number of pyridine rings is 1. The maximum atomic E-state index is 12.0. The lowest BCUT2D eigenvalue weighted by atomic mass is 10.2. The van der Waals surface area contributed by atoms with Crippen molar-refractivity contribution in [2.24, 2.45) is 5.10 Å². The minimum atomic E-state index is -0.627. The summed E-state index contributed by atoms with van der Waals surface area (Å²) >= 11 is 0. The molecule has 0 fully saturated rings. The molecule has 122 valence electrons. The number of aromatic nitrogens is 1. The molecule has 24 heavy (non-hydrogen) atoms. The number of nitrogens with zero attached hydrogens (tertiary/aromatic N) is 2. The van der Waals surface area contributed by atoms with E-state index in [1.165, 1.54) is 12.3 Å². The molecular formula is C18H17N3O3. The molecule has 0 aliphatic heterocycles. The van der Waals surface area contributed by atoms with Gasteiger partial charge in [-0.25, -0.2) is 10.2 Å². The first-order chi connectivity index (χ1) is 11.7. The van der Waals surface area contributed by atoms with Crippen LogP contribution in [-0.4, -0.2) is 29.2 Å². The van der Waals surface area contributed by atoms with Gasteiger partial charge < -0.3 is 4.74 Å². The Morgan fingerprint density at radius 3 is 2.67 bits per heavy atom. The molecule has 0 unspecified atom stereocenters. The molecule has 0 saturated carbocycles. The number of nitrogens with one attached hydrogen (secondary N) is 1. The van der Waals surface area contributed by atoms with Crippen LogP contribution in [0.2, 0.25) is 0 Å². The molecular weight excluding hydrogens is 306 g/mol. The van der Waals surface area contributed by atoms with Gasteiger partial charge in [0.2, 0.25) is 0 Å². The van der Waals surface area contributed by atoms with Crippen molar-refractivity contribution in [3.63, 3.8) is 0 Å². The Bertz CT molecular complexity index is 741. The fourth-order valence-corrected chi connectivity index (χ4v) is 1.81. The molecule has 6 nitrogen and oxygen atoms in total. The molecule has 0 atom stereocenters. The van der Waals surface area contributed by atoms with Crippen molar-refractivity contribution in [3.05, 3.63) is 72.1 Å². The number of hydrazone groups is 1. The minimum absolute atomic E-state index is 0.00795. The Morgan fingerprint density at radius 2 is 2.00 bits per heavy atom. The van der Waals surface area contributed by atoms with Crippen LogP contribution in [0.4, 0.5) is 0 Å². The zero-order chi connectivity index (χ0) is 17.2. The van der Waals surface area contributed by atoms with Gasteiger partial charge in [-0.2, -0.15) is 5.10 Å². The molecule has 6 heteroatoms. The van der Waals surface area contributed by atoms with Gasteiger partial charge in [0.1, 0.15) is 0 Å². The molecule has 1 amide bonds. The number of amides is 1. The van der Waals surface area contributed by atoms with E-state index in [0.29, 0.717) is 5.56 Å². The summed E-state index contributed by atoms with van der Waals surface area (Å²) in [4.78, 5) is 27.8. The van der Waals surface area contributed by atoms with Crippen molar-refractivity contribution in [2.75, 3.05) is 6.61 Å². The van der Waals surface area contributed by atoms with Crippen molar-refractivity contribution in [3.8, 4) is 0 Å². The maximum absolute atomic E-state index is 12.0. The summed E-state index contributed by atoms with van der Waals surface area (Å²) in [6.07, 6.45) is 6.04. The van der Waals surface area contributed by atoms with E-state index < -0.39 is 11.9 Å². The van der Waals surface area contributed by atoms with E-state index in [0.717, 1.165) is 5.56 Å². The number of hydrogen-bond donors (Lipinski definition) is 1. The predicted molar refractivity (Wildman–Crippen MR) is 91.0 cm³/mol. The molecule has 2 aromatic rings. The van der Waals surface area contributed by atoms with Gasteiger partial charge >= 0.3 is 5.97 Å². The summed E-state index contributed by atoms with van der Waals surface area (Å²) in [5.41, 5.74) is 3.66. The quantitative estimate of drug-likeness (QED) is 0.382. The van der Waals surface area contributed by atoms with Gasteiger partial charge in [-0.3, -0.25) is 9.78 Å². The van der Waals surface area contributed by atoms with Gasteiger partial charge in [-0.15, -0.1) is 0 Å². The highest BCUT2D eigenvalue weighted by Gasteiger charge is 2.16. The standard InChI is InChI=1S/C18H17N3O3/c1-2-24-18(23)17(15-9-6-12-19-13-15)21-20-16(22)11-10-14-7-4-3-5-8-14/h3-13H,2H2,1H3,(H,20,22)/b11-10+,21-17+. The third-order valence-electron chi connectivity index (χ3n) is 2.91. The van der Waals surface area contributed by atoms with Crippen LogP contribution in [0.15, 0.2) is 66.0 Å². The topological polar surface area (TPSA) is 80.6 Å². The van der Waals surface area contributed by atoms with Crippen LogP contribution in [0, 0.1) is 0 Å². The molecule has 1 aromatic heterocycles.